The van der Waals surface area contributed by atoms with Crippen LogP contribution in [0.5, 0.6) is 11.5 Å². The number of carbonyl (C=O) groups excluding carboxylic acids is 2. The Bertz CT molecular complexity index is 1860. The van der Waals surface area contributed by atoms with E-state index in [1.54, 1.807) is 44.8 Å². The lowest BCUT2D eigenvalue weighted by Gasteiger charge is -2.45. The zero-order chi connectivity index (χ0) is 34.8. The second-order valence-electron chi connectivity index (χ2n) is 13.1. The first-order chi connectivity index (χ1) is 24.3. The molecule has 1 unspecified atom stereocenters. The van der Waals surface area contributed by atoms with Crippen LogP contribution in [-0.4, -0.2) is 56.8 Å². The van der Waals surface area contributed by atoms with Gasteiger partial charge in [0.05, 0.1) is 14.2 Å². The van der Waals surface area contributed by atoms with Gasteiger partial charge in [-0.3, -0.25) is 10.2 Å². The first-order valence-corrected chi connectivity index (χ1v) is 18.5. The van der Waals surface area contributed by atoms with Crippen LogP contribution in [-0.2, 0) is 39.2 Å². The van der Waals surface area contributed by atoms with E-state index < -0.39 is 17.6 Å². The molecule has 0 saturated carbocycles. The van der Waals surface area contributed by atoms with Crippen molar-refractivity contribution in [1.82, 2.24) is 10.2 Å². The molecule has 4 aliphatic rings. The number of piperidine rings is 3. The third-order valence-corrected chi connectivity index (χ3v) is 12.0. The standard InChI is InChI=1S/C38H39Cl2N3O6S/c1-46-31-9-7-25(17-33(31)47-2)32(18-27-29(39)20-41-21-30(27)40)48-36(44)35-10-8-26(50-35)19-42-38(14-11-23-5-3-4-6-28(23)38)37(45)49-34-22-43-15-12-24(34)13-16-43/h3-10,17,20-21,24,32,34,42H,11-16,18-19,22H2,1-2H3/p+1/t32-,34-,38?/m0/s1. The van der Waals surface area contributed by atoms with Crippen molar-refractivity contribution in [2.75, 3.05) is 33.9 Å². The minimum Gasteiger partial charge on any atom is -0.493 e. The van der Waals surface area contributed by atoms with Crippen molar-refractivity contribution in [2.24, 2.45) is 5.92 Å². The summed E-state index contributed by atoms with van der Waals surface area (Å²) in [7, 11) is 3.11. The Morgan fingerprint density at radius 1 is 1.02 bits per heavy atom. The summed E-state index contributed by atoms with van der Waals surface area (Å²) in [6, 6.07) is 17.1. The third-order valence-electron chi connectivity index (χ3n) is 10.3. The fourth-order valence-electron chi connectivity index (χ4n) is 7.51. The molecule has 3 atom stereocenters. The van der Waals surface area contributed by atoms with Gasteiger partial charge in [-0.15, -0.1) is 11.3 Å². The van der Waals surface area contributed by atoms with Crippen molar-refractivity contribution < 1.29 is 33.5 Å². The summed E-state index contributed by atoms with van der Waals surface area (Å²) in [5.74, 6) is 0.768. The summed E-state index contributed by atoms with van der Waals surface area (Å²) in [4.78, 5) is 34.5. The van der Waals surface area contributed by atoms with Crippen LogP contribution in [0.4, 0.5) is 0 Å². The Hall–Kier alpha value is -3.67. The number of aromatic amines is 1. The second kappa shape index (κ2) is 14.9. The van der Waals surface area contributed by atoms with Crippen molar-refractivity contribution in [3.05, 3.63) is 109 Å². The summed E-state index contributed by atoms with van der Waals surface area (Å²) in [6.07, 6.45) is 6.22. The predicted molar refractivity (Wildman–Crippen MR) is 191 cm³/mol. The molecule has 2 bridgehead atoms. The fraction of sp³-hybridized carbons (Fsp3) is 0.395. The Morgan fingerprint density at radius 2 is 1.78 bits per heavy atom. The predicted octanol–water partition coefficient (Wildman–Crippen LogP) is 6.60. The molecule has 9 nitrogen and oxygen atoms in total. The van der Waals surface area contributed by atoms with Crippen LogP contribution in [0.1, 0.15) is 62.2 Å². The quantitative estimate of drug-likeness (QED) is 0.163. The average molecular weight is 738 g/mol. The zero-order valence-corrected chi connectivity index (χ0v) is 30.3. The van der Waals surface area contributed by atoms with Crippen molar-refractivity contribution in [2.45, 2.75) is 56.4 Å². The number of esters is 2. The molecule has 2 aromatic heterocycles. The molecule has 1 aliphatic carbocycles. The van der Waals surface area contributed by atoms with E-state index in [0.717, 1.165) is 54.9 Å². The van der Waals surface area contributed by atoms with Crippen LogP contribution in [0.15, 0.2) is 67.0 Å². The van der Waals surface area contributed by atoms with Crippen molar-refractivity contribution in [1.29, 1.82) is 0 Å². The van der Waals surface area contributed by atoms with Crippen LogP contribution >= 0.6 is 34.5 Å². The van der Waals surface area contributed by atoms with Gasteiger partial charge in [0.25, 0.3) is 0 Å². The normalized spacial score (nSPS) is 22.8. The number of fused-ring (bicyclic) bond motifs is 4. The number of aromatic nitrogens is 1. The molecule has 0 radical (unpaired) electrons. The summed E-state index contributed by atoms with van der Waals surface area (Å²) in [6.45, 7) is 3.34. The number of thiophene rings is 1. The number of H-pyrrole nitrogens is 1. The molecular weight excluding hydrogens is 697 g/mol. The number of methoxy groups -OCH3 is 2. The first kappa shape index (κ1) is 34.8. The molecule has 2 N–H and O–H groups in total. The van der Waals surface area contributed by atoms with Crippen LogP contribution < -0.4 is 19.8 Å². The van der Waals surface area contributed by atoms with Gasteiger partial charge in [0.15, 0.2) is 23.9 Å². The molecule has 12 heteroatoms. The third kappa shape index (κ3) is 6.96. The number of hydrogen-bond donors (Lipinski definition) is 1. The number of nitrogens with zero attached hydrogens (tertiary/aromatic N) is 1. The number of aryl methyl sites for hydroxylation is 1. The Kier molecular flexibility index (Phi) is 10.4. The van der Waals surface area contributed by atoms with E-state index in [2.05, 4.69) is 21.3 Å². The van der Waals surface area contributed by atoms with Crippen molar-refractivity contribution in [3.8, 4) is 11.5 Å². The first-order valence-electron chi connectivity index (χ1n) is 16.9. The Labute approximate surface area is 305 Å². The SMILES string of the molecule is COc1ccc([C@H](Cc2c(Cl)c[nH+]cc2Cl)OC(=O)c2ccc(CNC3(C(=O)O[C@H]4CN5CCC4CC5)CCc4ccccc43)s2)cc1OC. The maximum absolute atomic E-state index is 14.1. The van der Waals surface area contributed by atoms with Crippen molar-refractivity contribution >= 4 is 46.5 Å². The topological polar surface area (TPSA) is 100 Å². The van der Waals surface area contributed by atoms with E-state index in [0.29, 0.717) is 56.4 Å². The highest BCUT2D eigenvalue weighted by atomic mass is 35.5. The molecule has 3 saturated heterocycles. The number of nitrogens with one attached hydrogen (secondary N) is 2. The molecule has 4 aromatic rings. The highest BCUT2D eigenvalue weighted by molar-refractivity contribution is 7.13. The minimum absolute atomic E-state index is 0.0862. The number of rotatable bonds is 12. The monoisotopic (exact) mass is 736 g/mol. The van der Waals surface area contributed by atoms with Gasteiger partial charge in [-0.25, -0.2) is 14.6 Å². The van der Waals surface area contributed by atoms with Gasteiger partial charge in [-0.05, 0) is 85.6 Å². The Morgan fingerprint density at radius 3 is 2.50 bits per heavy atom. The largest absolute Gasteiger partial charge is 0.493 e. The van der Waals surface area contributed by atoms with Gasteiger partial charge in [0, 0.05) is 30.0 Å². The van der Waals surface area contributed by atoms with E-state index in [4.69, 9.17) is 42.1 Å². The number of benzene rings is 2. The highest BCUT2D eigenvalue weighted by Gasteiger charge is 2.48. The molecule has 2 aromatic carbocycles. The molecule has 3 fully saturated rings. The maximum Gasteiger partial charge on any atom is 0.348 e. The number of pyridine rings is 1. The van der Waals surface area contributed by atoms with Gasteiger partial charge in [0.1, 0.15) is 32.7 Å². The average Bonchev–Trinajstić information content (AvgIpc) is 3.78. The van der Waals surface area contributed by atoms with Gasteiger partial charge in [-0.2, -0.15) is 0 Å². The number of hydrogen-bond acceptors (Lipinski definition) is 9. The molecule has 5 heterocycles. The maximum atomic E-state index is 14.1. The molecule has 0 spiro atoms. The van der Waals surface area contributed by atoms with E-state index >= 15 is 0 Å². The van der Waals surface area contributed by atoms with Crippen LogP contribution in [0, 0.1) is 5.92 Å². The van der Waals surface area contributed by atoms with E-state index in [1.165, 1.54) is 11.3 Å². The van der Waals surface area contributed by atoms with Gasteiger partial charge in [0.2, 0.25) is 0 Å². The molecule has 50 heavy (non-hydrogen) atoms. The number of ether oxygens (including phenoxy) is 4. The molecular formula is C38H40Cl2N3O6S+. The molecule has 262 valence electrons. The van der Waals surface area contributed by atoms with E-state index in [-0.39, 0.29) is 18.5 Å². The van der Waals surface area contributed by atoms with E-state index in [1.807, 2.05) is 30.3 Å². The van der Waals surface area contributed by atoms with E-state index in [9.17, 15) is 9.59 Å². The minimum atomic E-state index is -0.961. The lowest BCUT2D eigenvalue weighted by molar-refractivity contribution is -0.377. The summed E-state index contributed by atoms with van der Waals surface area (Å²) in [5, 5.41) is 4.46. The number of carbonyl (C=O) groups is 2. The van der Waals surface area contributed by atoms with Gasteiger partial charge >= 0.3 is 11.9 Å². The number of halogens is 2. The molecule has 0 amide bonds. The summed E-state index contributed by atoms with van der Waals surface area (Å²) in [5.41, 5.74) is 2.49. The van der Waals surface area contributed by atoms with Crippen molar-refractivity contribution in [3.63, 3.8) is 0 Å². The van der Waals surface area contributed by atoms with Gasteiger partial charge in [-0.1, -0.05) is 53.5 Å². The lowest BCUT2D eigenvalue weighted by atomic mass is 9.85. The fourth-order valence-corrected chi connectivity index (χ4v) is 8.87. The Balaban J connectivity index is 1.09. The smallest absolute Gasteiger partial charge is 0.348 e. The van der Waals surface area contributed by atoms with Gasteiger partial charge < -0.3 is 18.9 Å². The second-order valence-corrected chi connectivity index (χ2v) is 15.1. The van der Waals surface area contributed by atoms with Crippen LogP contribution in [0.25, 0.3) is 0 Å². The summed E-state index contributed by atoms with van der Waals surface area (Å²) < 4.78 is 23.4. The molecule has 8 rings (SSSR count). The highest BCUT2D eigenvalue weighted by Crippen LogP contribution is 2.41. The lowest BCUT2D eigenvalue weighted by Crippen LogP contribution is -2.55. The molecule has 3 aliphatic heterocycles. The zero-order valence-electron chi connectivity index (χ0n) is 28.0. The van der Waals surface area contributed by atoms with Crippen LogP contribution in [0.2, 0.25) is 10.0 Å². The summed E-state index contributed by atoms with van der Waals surface area (Å²) >= 11 is 14.3. The van der Waals surface area contributed by atoms with Crippen LogP contribution in [0.3, 0.4) is 0 Å².